The van der Waals surface area contributed by atoms with Gasteiger partial charge in [-0.1, -0.05) is 78.0 Å². The Balaban J connectivity index is 1.34. The third-order valence-corrected chi connectivity index (χ3v) is 5.49. The van der Waals surface area contributed by atoms with Gasteiger partial charge >= 0.3 is 0 Å². The number of hydrogen-bond donors (Lipinski definition) is 1. The zero-order chi connectivity index (χ0) is 22.9. The van der Waals surface area contributed by atoms with Crippen LogP contribution in [0.4, 0.5) is 4.39 Å². The first-order valence-electron chi connectivity index (χ1n) is 11.2. The summed E-state index contributed by atoms with van der Waals surface area (Å²) in [6.07, 6.45) is -0.131. The van der Waals surface area contributed by atoms with Crippen LogP contribution in [0.15, 0.2) is 90.1 Å². The molecule has 0 saturated heterocycles. The standard InChI is InChI=1S/C27H29FN2O3/c28-24-13-7-10-22(14-24)16-30(17-25(31)20-32-19-21-8-3-1-4-9-21)18-26-15-27(29-33-26)23-11-5-2-6-12-23/h1-14,25-26,31H,15-20H2/t25-,26+/m0/s1. The van der Waals surface area contributed by atoms with E-state index in [4.69, 9.17) is 9.57 Å². The number of oxime groups is 1. The summed E-state index contributed by atoms with van der Waals surface area (Å²) in [5.41, 5.74) is 3.87. The highest BCUT2D eigenvalue weighted by molar-refractivity contribution is 6.01. The molecule has 2 atom stereocenters. The molecule has 0 unspecified atom stereocenters. The van der Waals surface area contributed by atoms with E-state index in [2.05, 4.69) is 10.1 Å². The van der Waals surface area contributed by atoms with Gasteiger partial charge in [-0.3, -0.25) is 4.90 Å². The summed E-state index contributed by atoms with van der Waals surface area (Å²) in [5.74, 6) is -0.272. The van der Waals surface area contributed by atoms with Crippen molar-refractivity contribution in [3.8, 4) is 0 Å². The van der Waals surface area contributed by atoms with E-state index in [1.54, 1.807) is 6.07 Å². The molecule has 0 amide bonds. The topological polar surface area (TPSA) is 54.3 Å². The van der Waals surface area contributed by atoms with Gasteiger partial charge in [-0.15, -0.1) is 0 Å². The van der Waals surface area contributed by atoms with Crippen molar-refractivity contribution >= 4 is 5.71 Å². The van der Waals surface area contributed by atoms with Gasteiger partial charge in [0.25, 0.3) is 0 Å². The van der Waals surface area contributed by atoms with Crippen LogP contribution in [0.5, 0.6) is 0 Å². The molecule has 1 aliphatic rings. The Morgan fingerprint density at radius 1 is 1.00 bits per heavy atom. The highest BCUT2D eigenvalue weighted by atomic mass is 19.1. The Morgan fingerprint density at radius 2 is 1.73 bits per heavy atom. The minimum Gasteiger partial charge on any atom is -0.390 e. The minimum absolute atomic E-state index is 0.133. The molecule has 0 bridgehead atoms. The van der Waals surface area contributed by atoms with Crippen molar-refractivity contribution in [2.75, 3.05) is 19.7 Å². The molecule has 1 N–H and O–H groups in total. The first-order chi connectivity index (χ1) is 16.2. The predicted molar refractivity (Wildman–Crippen MR) is 126 cm³/mol. The van der Waals surface area contributed by atoms with Crippen molar-refractivity contribution < 1.29 is 19.1 Å². The highest BCUT2D eigenvalue weighted by Gasteiger charge is 2.25. The number of rotatable bonds is 11. The molecule has 0 radical (unpaired) electrons. The number of nitrogens with zero attached hydrogens (tertiary/aromatic N) is 2. The zero-order valence-corrected chi connectivity index (χ0v) is 18.5. The second kappa shape index (κ2) is 11.7. The molecule has 0 aliphatic carbocycles. The molecule has 1 heterocycles. The van der Waals surface area contributed by atoms with Gasteiger partial charge < -0.3 is 14.7 Å². The summed E-state index contributed by atoms with van der Waals surface area (Å²) in [7, 11) is 0. The summed E-state index contributed by atoms with van der Waals surface area (Å²) in [5, 5.41) is 14.9. The van der Waals surface area contributed by atoms with Gasteiger partial charge in [-0.25, -0.2) is 4.39 Å². The average molecular weight is 449 g/mol. The average Bonchev–Trinajstić information content (AvgIpc) is 3.29. The molecule has 6 heteroatoms. The smallest absolute Gasteiger partial charge is 0.145 e. The Morgan fingerprint density at radius 3 is 2.48 bits per heavy atom. The second-order valence-electron chi connectivity index (χ2n) is 8.31. The fourth-order valence-corrected chi connectivity index (χ4v) is 3.95. The van der Waals surface area contributed by atoms with Crippen molar-refractivity contribution in [2.45, 2.75) is 31.8 Å². The molecule has 5 nitrogen and oxygen atoms in total. The molecule has 3 aromatic carbocycles. The number of halogens is 1. The maximum Gasteiger partial charge on any atom is 0.145 e. The minimum atomic E-state index is -0.682. The van der Waals surface area contributed by atoms with Crippen LogP contribution in [-0.4, -0.2) is 47.6 Å². The van der Waals surface area contributed by atoms with Gasteiger partial charge in [0, 0.05) is 26.1 Å². The van der Waals surface area contributed by atoms with Crippen LogP contribution in [0.2, 0.25) is 0 Å². The molecule has 4 rings (SSSR count). The van der Waals surface area contributed by atoms with E-state index in [0.717, 1.165) is 22.4 Å². The van der Waals surface area contributed by atoms with Crippen molar-refractivity contribution in [3.63, 3.8) is 0 Å². The highest BCUT2D eigenvalue weighted by Crippen LogP contribution is 2.19. The van der Waals surface area contributed by atoms with Crippen LogP contribution in [0, 0.1) is 5.82 Å². The first kappa shape index (κ1) is 23.1. The summed E-state index contributed by atoms with van der Waals surface area (Å²) in [6, 6.07) is 26.4. The molecule has 0 fully saturated rings. The van der Waals surface area contributed by atoms with E-state index >= 15 is 0 Å². The Bertz CT molecular complexity index is 1030. The third kappa shape index (κ3) is 7.22. The molecule has 3 aromatic rings. The van der Waals surface area contributed by atoms with Crippen molar-refractivity contribution in [1.29, 1.82) is 0 Å². The van der Waals surface area contributed by atoms with Crippen LogP contribution >= 0.6 is 0 Å². The summed E-state index contributed by atoms with van der Waals surface area (Å²) >= 11 is 0. The predicted octanol–water partition coefficient (Wildman–Crippen LogP) is 4.40. The van der Waals surface area contributed by atoms with Crippen LogP contribution in [0.1, 0.15) is 23.1 Å². The van der Waals surface area contributed by atoms with E-state index in [-0.39, 0.29) is 18.5 Å². The Labute approximate surface area is 194 Å². The molecule has 0 saturated carbocycles. The van der Waals surface area contributed by atoms with E-state index in [9.17, 15) is 9.50 Å². The monoisotopic (exact) mass is 448 g/mol. The van der Waals surface area contributed by atoms with Gasteiger partial charge in [0.15, 0.2) is 0 Å². The van der Waals surface area contributed by atoms with Gasteiger partial charge in [-0.05, 0) is 28.8 Å². The number of benzene rings is 3. The van der Waals surface area contributed by atoms with Crippen LogP contribution < -0.4 is 0 Å². The van der Waals surface area contributed by atoms with Gasteiger partial charge in [0.1, 0.15) is 11.9 Å². The third-order valence-electron chi connectivity index (χ3n) is 5.49. The summed E-state index contributed by atoms with van der Waals surface area (Å²) in [6.45, 7) is 2.10. The van der Waals surface area contributed by atoms with E-state index < -0.39 is 6.10 Å². The Hall–Kier alpha value is -3.06. The molecule has 33 heavy (non-hydrogen) atoms. The lowest BCUT2D eigenvalue weighted by atomic mass is 10.0. The molecule has 1 aliphatic heterocycles. The quantitative estimate of drug-likeness (QED) is 0.473. The molecular weight excluding hydrogens is 419 g/mol. The van der Waals surface area contributed by atoms with Gasteiger partial charge in [-0.2, -0.15) is 0 Å². The normalized spacial score (nSPS) is 16.5. The largest absolute Gasteiger partial charge is 0.390 e. The fourth-order valence-electron chi connectivity index (χ4n) is 3.95. The van der Waals surface area contributed by atoms with E-state index in [0.29, 0.717) is 32.7 Å². The number of ether oxygens (including phenoxy) is 1. The van der Waals surface area contributed by atoms with Crippen molar-refractivity contribution in [1.82, 2.24) is 4.90 Å². The van der Waals surface area contributed by atoms with Crippen LogP contribution in [0.25, 0.3) is 0 Å². The lowest BCUT2D eigenvalue weighted by molar-refractivity contribution is -0.00650. The number of aliphatic hydroxyl groups excluding tert-OH is 1. The molecular formula is C27H29FN2O3. The number of hydrogen-bond acceptors (Lipinski definition) is 5. The second-order valence-corrected chi connectivity index (χ2v) is 8.31. The van der Waals surface area contributed by atoms with Gasteiger partial charge in [0.05, 0.1) is 25.0 Å². The van der Waals surface area contributed by atoms with Crippen molar-refractivity contribution in [3.05, 3.63) is 107 Å². The van der Waals surface area contributed by atoms with Gasteiger partial charge in [0.2, 0.25) is 0 Å². The maximum absolute atomic E-state index is 13.7. The first-order valence-corrected chi connectivity index (χ1v) is 11.2. The Kier molecular flexibility index (Phi) is 8.19. The SMILES string of the molecule is O[C@H](COCc1ccccc1)CN(Cc1cccc(F)c1)C[C@H]1CC(c2ccccc2)=NO1. The zero-order valence-electron chi connectivity index (χ0n) is 18.5. The molecule has 0 aromatic heterocycles. The summed E-state index contributed by atoms with van der Waals surface area (Å²) in [4.78, 5) is 7.76. The summed E-state index contributed by atoms with van der Waals surface area (Å²) < 4.78 is 19.4. The van der Waals surface area contributed by atoms with E-state index in [1.165, 1.54) is 12.1 Å². The van der Waals surface area contributed by atoms with E-state index in [1.807, 2.05) is 66.7 Å². The lowest BCUT2D eigenvalue weighted by Gasteiger charge is -2.27. The lowest BCUT2D eigenvalue weighted by Crippen LogP contribution is -2.39. The number of aliphatic hydroxyl groups is 1. The molecule has 172 valence electrons. The maximum atomic E-state index is 13.7. The van der Waals surface area contributed by atoms with Crippen molar-refractivity contribution in [2.24, 2.45) is 5.16 Å². The fraction of sp³-hybridized carbons (Fsp3) is 0.296. The molecule has 0 spiro atoms. The van der Waals surface area contributed by atoms with Crippen LogP contribution in [-0.2, 0) is 22.7 Å². The van der Waals surface area contributed by atoms with Crippen LogP contribution in [0.3, 0.4) is 0 Å².